The van der Waals surface area contributed by atoms with Crippen LogP contribution in [0.1, 0.15) is 10.0 Å². The van der Waals surface area contributed by atoms with E-state index in [4.69, 9.17) is 11.6 Å². The van der Waals surface area contributed by atoms with E-state index in [-0.39, 0.29) is 0 Å². The van der Waals surface area contributed by atoms with E-state index in [0.717, 1.165) is 10.6 Å². The third kappa shape index (κ3) is 2.53. The van der Waals surface area contributed by atoms with E-state index >= 15 is 0 Å². The molecule has 0 aliphatic rings. The van der Waals surface area contributed by atoms with E-state index in [2.05, 4.69) is 28.9 Å². The van der Waals surface area contributed by atoms with Crippen LogP contribution in [0.2, 0.25) is 5.02 Å². The standard InChI is InChI=1S/C12H7ClSe/c13-11-6-3-10(4-7-11)5-8-12-2-1-9-14-12/h1-4,6-7,9H. The Labute approximate surface area is 94.3 Å². The van der Waals surface area contributed by atoms with Crippen LogP contribution in [0.25, 0.3) is 0 Å². The molecule has 0 aliphatic heterocycles. The van der Waals surface area contributed by atoms with Gasteiger partial charge in [0.1, 0.15) is 0 Å². The predicted molar refractivity (Wildman–Crippen MR) is 60.8 cm³/mol. The maximum atomic E-state index is 5.77. The van der Waals surface area contributed by atoms with Crippen molar-refractivity contribution in [1.29, 1.82) is 0 Å². The van der Waals surface area contributed by atoms with Crippen molar-refractivity contribution >= 4 is 26.1 Å². The van der Waals surface area contributed by atoms with Gasteiger partial charge in [-0.3, -0.25) is 0 Å². The van der Waals surface area contributed by atoms with Gasteiger partial charge in [0.2, 0.25) is 0 Å². The third-order valence-corrected chi connectivity index (χ3v) is 3.60. The Balaban J connectivity index is 2.22. The van der Waals surface area contributed by atoms with Gasteiger partial charge in [0, 0.05) is 0 Å². The Morgan fingerprint density at radius 3 is 2.43 bits per heavy atom. The number of hydrogen-bond acceptors (Lipinski definition) is 0. The van der Waals surface area contributed by atoms with Crippen molar-refractivity contribution in [2.75, 3.05) is 0 Å². The van der Waals surface area contributed by atoms with Crippen LogP contribution in [-0.4, -0.2) is 14.5 Å². The molecule has 2 aromatic rings. The Bertz CT molecular complexity index is 457. The molecule has 0 amide bonds. The van der Waals surface area contributed by atoms with Gasteiger partial charge in [-0.1, -0.05) is 0 Å². The van der Waals surface area contributed by atoms with Crippen LogP contribution in [-0.2, 0) is 0 Å². The molecule has 2 heteroatoms. The Morgan fingerprint density at radius 1 is 1.00 bits per heavy atom. The van der Waals surface area contributed by atoms with Gasteiger partial charge in [-0.05, 0) is 0 Å². The first-order valence-corrected chi connectivity index (χ1v) is 6.38. The van der Waals surface area contributed by atoms with Gasteiger partial charge in [-0.25, -0.2) is 0 Å². The number of halogens is 1. The molecule has 0 atom stereocenters. The zero-order valence-corrected chi connectivity index (χ0v) is 9.80. The van der Waals surface area contributed by atoms with E-state index < -0.39 is 0 Å². The molecule has 1 heterocycles. The van der Waals surface area contributed by atoms with E-state index in [1.807, 2.05) is 24.3 Å². The Kier molecular flexibility index (Phi) is 3.11. The molecule has 0 saturated carbocycles. The van der Waals surface area contributed by atoms with Crippen LogP contribution in [0.3, 0.4) is 0 Å². The van der Waals surface area contributed by atoms with Crippen LogP contribution in [0.15, 0.2) is 41.3 Å². The van der Waals surface area contributed by atoms with Crippen LogP contribution in [0.4, 0.5) is 0 Å². The van der Waals surface area contributed by atoms with E-state index in [9.17, 15) is 0 Å². The van der Waals surface area contributed by atoms with Crippen LogP contribution in [0, 0.1) is 11.8 Å². The normalized spacial score (nSPS) is 9.21. The SMILES string of the molecule is Clc1ccc(C#Cc2ccc[se]2)cc1. The monoisotopic (exact) mass is 266 g/mol. The summed E-state index contributed by atoms with van der Waals surface area (Å²) in [5, 5.41) is 0.751. The third-order valence-electron chi connectivity index (χ3n) is 1.70. The number of benzene rings is 1. The summed E-state index contributed by atoms with van der Waals surface area (Å²) < 4.78 is 1.23. The Morgan fingerprint density at radius 2 is 1.79 bits per heavy atom. The molecule has 0 N–H and O–H groups in total. The summed E-state index contributed by atoms with van der Waals surface area (Å²) in [4.78, 5) is 2.17. The molecule has 1 aromatic heterocycles. The fourth-order valence-corrected chi connectivity index (χ4v) is 2.34. The molecule has 0 aliphatic carbocycles. The first-order chi connectivity index (χ1) is 6.84. The van der Waals surface area contributed by atoms with Crippen molar-refractivity contribution in [2.24, 2.45) is 0 Å². The van der Waals surface area contributed by atoms with Crippen molar-refractivity contribution in [1.82, 2.24) is 0 Å². The first-order valence-electron chi connectivity index (χ1n) is 4.16. The fourth-order valence-electron chi connectivity index (χ4n) is 1.02. The summed E-state index contributed by atoms with van der Waals surface area (Å²) in [6, 6.07) is 11.7. The van der Waals surface area contributed by atoms with Crippen LogP contribution < -0.4 is 0 Å². The predicted octanol–water partition coefficient (Wildman–Crippen LogP) is 2.80. The summed E-state index contributed by atoms with van der Waals surface area (Å²) in [6.45, 7) is 0. The van der Waals surface area contributed by atoms with Crippen molar-refractivity contribution in [3.8, 4) is 11.8 Å². The van der Waals surface area contributed by atoms with Gasteiger partial charge in [0.05, 0.1) is 0 Å². The van der Waals surface area contributed by atoms with Crippen molar-refractivity contribution in [3.63, 3.8) is 0 Å². The summed E-state index contributed by atoms with van der Waals surface area (Å²) in [7, 11) is 0. The van der Waals surface area contributed by atoms with Gasteiger partial charge >= 0.3 is 94.3 Å². The Hall–Kier alpha value is -0.931. The topological polar surface area (TPSA) is 0 Å². The van der Waals surface area contributed by atoms with Gasteiger partial charge in [-0.2, -0.15) is 0 Å². The van der Waals surface area contributed by atoms with E-state index in [1.165, 1.54) is 4.44 Å². The van der Waals surface area contributed by atoms with Gasteiger partial charge < -0.3 is 0 Å². The summed E-state index contributed by atoms with van der Waals surface area (Å²) >= 11 is 6.22. The van der Waals surface area contributed by atoms with Crippen molar-refractivity contribution < 1.29 is 0 Å². The summed E-state index contributed by atoms with van der Waals surface area (Å²) in [6.07, 6.45) is 0. The van der Waals surface area contributed by atoms with E-state index in [1.54, 1.807) is 0 Å². The second kappa shape index (κ2) is 4.53. The fraction of sp³-hybridized carbons (Fsp3) is 0. The zero-order chi connectivity index (χ0) is 9.80. The molecular weight excluding hydrogens is 259 g/mol. The average molecular weight is 266 g/mol. The minimum atomic E-state index is 0.444. The molecule has 68 valence electrons. The molecule has 2 rings (SSSR count). The second-order valence-corrected chi connectivity index (χ2v) is 5.16. The summed E-state index contributed by atoms with van der Waals surface area (Å²) in [5.41, 5.74) is 1.01. The molecule has 0 unspecified atom stereocenters. The maximum absolute atomic E-state index is 5.77. The van der Waals surface area contributed by atoms with Crippen molar-refractivity contribution in [2.45, 2.75) is 0 Å². The van der Waals surface area contributed by atoms with Crippen molar-refractivity contribution in [3.05, 3.63) is 56.4 Å². The molecule has 0 saturated heterocycles. The molecule has 0 radical (unpaired) electrons. The molecule has 0 bridgehead atoms. The van der Waals surface area contributed by atoms with Gasteiger partial charge in [0.25, 0.3) is 0 Å². The molecule has 1 aromatic carbocycles. The molecular formula is C12H7ClSe. The molecule has 0 fully saturated rings. The minimum absolute atomic E-state index is 0.444. The molecule has 0 nitrogen and oxygen atoms in total. The van der Waals surface area contributed by atoms with Gasteiger partial charge in [0.15, 0.2) is 0 Å². The zero-order valence-electron chi connectivity index (χ0n) is 7.33. The quantitative estimate of drug-likeness (QED) is 0.508. The van der Waals surface area contributed by atoms with Crippen LogP contribution >= 0.6 is 11.6 Å². The van der Waals surface area contributed by atoms with Gasteiger partial charge in [-0.15, -0.1) is 0 Å². The molecule has 14 heavy (non-hydrogen) atoms. The second-order valence-electron chi connectivity index (χ2n) is 2.73. The number of rotatable bonds is 0. The average Bonchev–Trinajstić information content (AvgIpc) is 2.70. The summed E-state index contributed by atoms with van der Waals surface area (Å²) in [5.74, 6) is 6.26. The number of hydrogen-bond donors (Lipinski definition) is 0. The first kappa shape index (κ1) is 9.62. The molecule has 0 spiro atoms. The van der Waals surface area contributed by atoms with Crippen LogP contribution in [0.5, 0.6) is 0 Å². The van der Waals surface area contributed by atoms with E-state index in [0.29, 0.717) is 14.5 Å².